The van der Waals surface area contributed by atoms with E-state index in [2.05, 4.69) is 30.6 Å². The molecule has 0 aliphatic heterocycles. The van der Waals surface area contributed by atoms with Crippen molar-refractivity contribution < 1.29 is 0 Å². The Morgan fingerprint density at radius 3 is 2.71 bits per heavy atom. The van der Waals surface area contributed by atoms with Gasteiger partial charge in [-0.05, 0) is 45.2 Å². The van der Waals surface area contributed by atoms with E-state index in [0.29, 0.717) is 6.04 Å². The van der Waals surface area contributed by atoms with Gasteiger partial charge in [0.15, 0.2) is 0 Å². The Morgan fingerprint density at radius 1 is 1.50 bits per heavy atom. The lowest BCUT2D eigenvalue weighted by molar-refractivity contribution is 0.510. The van der Waals surface area contributed by atoms with Crippen LogP contribution in [-0.4, -0.2) is 16.3 Å². The summed E-state index contributed by atoms with van der Waals surface area (Å²) in [5.74, 6) is 0. The minimum Gasteiger partial charge on any atom is -0.330 e. The standard InChI is InChI=1S/C11H21N3/c1-4-11-10(6-5-7-12)8-13-14(11)9(2)3/h8-9H,4-7,12H2,1-3H3. The molecule has 0 aliphatic carbocycles. The molecule has 0 aromatic carbocycles. The number of nitrogens with two attached hydrogens (primary N) is 1. The lowest BCUT2D eigenvalue weighted by atomic mass is 10.1. The summed E-state index contributed by atoms with van der Waals surface area (Å²) >= 11 is 0. The normalized spacial score (nSPS) is 11.2. The van der Waals surface area contributed by atoms with Gasteiger partial charge in [-0.1, -0.05) is 6.92 Å². The summed E-state index contributed by atoms with van der Waals surface area (Å²) in [6, 6.07) is 0.455. The van der Waals surface area contributed by atoms with Crippen LogP contribution in [0.3, 0.4) is 0 Å². The molecule has 1 heterocycles. The molecule has 0 saturated heterocycles. The third-order valence-corrected chi connectivity index (χ3v) is 2.46. The molecule has 1 aromatic heterocycles. The zero-order valence-corrected chi connectivity index (χ0v) is 9.45. The van der Waals surface area contributed by atoms with Crippen LogP contribution in [0.15, 0.2) is 6.20 Å². The van der Waals surface area contributed by atoms with Gasteiger partial charge < -0.3 is 5.73 Å². The third kappa shape index (κ3) is 2.35. The van der Waals surface area contributed by atoms with Gasteiger partial charge in [0.1, 0.15) is 0 Å². The highest BCUT2D eigenvalue weighted by atomic mass is 15.3. The zero-order chi connectivity index (χ0) is 10.6. The highest BCUT2D eigenvalue weighted by Gasteiger charge is 2.10. The number of nitrogens with zero attached hydrogens (tertiary/aromatic N) is 2. The number of aryl methyl sites for hydroxylation is 1. The van der Waals surface area contributed by atoms with Gasteiger partial charge in [-0.25, -0.2) is 0 Å². The van der Waals surface area contributed by atoms with Crippen LogP contribution in [0.5, 0.6) is 0 Å². The van der Waals surface area contributed by atoms with E-state index < -0.39 is 0 Å². The van der Waals surface area contributed by atoms with Gasteiger partial charge in [0.05, 0.1) is 6.20 Å². The molecule has 14 heavy (non-hydrogen) atoms. The molecule has 80 valence electrons. The van der Waals surface area contributed by atoms with Crippen molar-refractivity contribution in [2.75, 3.05) is 6.54 Å². The lowest BCUT2D eigenvalue weighted by Gasteiger charge is -2.10. The summed E-state index contributed by atoms with van der Waals surface area (Å²) in [6.07, 6.45) is 5.16. The summed E-state index contributed by atoms with van der Waals surface area (Å²) in [5, 5.41) is 4.42. The summed E-state index contributed by atoms with van der Waals surface area (Å²) in [4.78, 5) is 0. The molecular weight excluding hydrogens is 174 g/mol. The van der Waals surface area contributed by atoms with Crippen molar-refractivity contribution in [1.29, 1.82) is 0 Å². The summed E-state index contributed by atoms with van der Waals surface area (Å²) < 4.78 is 2.12. The van der Waals surface area contributed by atoms with Gasteiger partial charge in [0.2, 0.25) is 0 Å². The van der Waals surface area contributed by atoms with Crippen LogP contribution < -0.4 is 5.73 Å². The molecule has 0 atom stereocenters. The Labute approximate surface area is 86.3 Å². The maximum absolute atomic E-state index is 5.51. The first-order chi connectivity index (χ1) is 6.70. The Morgan fingerprint density at radius 2 is 2.21 bits per heavy atom. The Balaban J connectivity index is 2.84. The van der Waals surface area contributed by atoms with E-state index in [1.165, 1.54) is 11.3 Å². The van der Waals surface area contributed by atoms with Crippen molar-refractivity contribution in [2.45, 2.75) is 46.1 Å². The fraction of sp³-hybridized carbons (Fsp3) is 0.727. The second-order valence-corrected chi connectivity index (χ2v) is 3.90. The van der Waals surface area contributed by atoms with Gasteiger partial charge in [0.25, 0.3) is 0 Å². The van der Waals surface area contributed by atoms with Crippen molar-refractivity contribution in [2.24, 2.45) is 5.73 Å². The van der Waals surface area contributed by atoms with Crippen LogP contribution in [0.4, 0.5) is 0 Å². The SMILES string of the molecule is CCc1c(CCCN)cnn1C(C)C. The van der Waals surface area contributed by atoms with Crippen molar-refractivity contribution in [3.05, 3.63) is 17.5 Å². The highest BCUT2D eigenvalue weighted by Crippen LogP contribution is 2.15. The predicted octanol–water partition coefficient (Wildman–Crippen LogP) is 1.92. The second-order valence-electron chi connectivity index (χ2n) is 3.90. The molecule has 0 radical (unpaired) electrons. The quantitative estimate of drug-likeness (QED) is 0.780. The highest BCUT2D eigenvalue weighted by molar-refractivity contribution is 5.18. The zero-order valence-electron chi connectivity index (χ0n) is 9.45. The maximum atomic E-state index is 5.51. The maximum Gasteiger partial charge on any atom is 0.0524 e. The molecule has 3 nitrogen and oxygen atoms in total. The number of hydrogen-bond donors (Lipinski definition) is 1. The lowest BCUT2D eigenvalue weighted by Crippen LogP contribution is -2.08. The molecule has 0 unspecified atom stereocenters. The summed E-state index contributed by atoms with van der Waals surface area (Å²) in [7, 11) is 0. The van der Waals surface area contributed by atoms with Crippen LogP contribution in [-0.2, 0) is 12.8 Å². The van der Waals surface area contributed by atoms with E-state index in [4.69, 9.17) is 5.73 Å². The van der Waals surface area contributed by atoms with Crippen molar-refractivity contribution in [3.8, 4) is 0 Å². The smallest absolute Gasteiger partial charge is 0.0524 e. The van der Waals surface area contributed by atoms with Gasteiger partial charge in [-0.2, -0.15) is 5.10 Å². The first kappa shape index (κ1) is 11.2. The van der Waals surface area contributed by atoms with E-state index >= 15 is 0 Å². The molecular formula is C11H21N3. The Bertz CT molecular complexity index is 276. The Hall–Kier alpha value is -0.830. The Kier molecular flexibility index (Phi) is 4.14. The average molecular weight is 195 g/mol. The van der Waals surface area contributed by atoms with Crippen LogP contribution in [0.2, 0.25) is 0 Å². The van der Waals surface area contributed by atoms with Crippen molar-refractivity contribution in [1.82, 2.24) is 9.78 Å². The van der Waals surface area contributed by atoms with Gasteiger partial charge >= 0.3 is 0 Å². The topological polar surface area (TPSA) is 43.8 Å². The summed E-state index contributed by atoms with van der Waals surface area (Å²) in [5.41, 5.74) is 8.24. The first-order valence-corrected chi connectivity index (χ1v) is 5.46. The fourth-order valence-corrected chi connectivity index (χ4v) is 1.76. The molecule has 0 amide bonds. The van der Waals surface area contributed by atoms with Crippen LogP contribution in [0.25, 0.3) is 0 Å². The molecule has 1 rings (SSSR count). The second kappa shape index (κ2) is 5.15. The molecule has 0 bridgehead atoms. The minimum absolute atomic E-state index is 0.455. The first-order valence-electron chi connectivity index (χ1n) is 5.46. The van der Waals surface area contributed by atoms with E-state index in [-0.39, 0.29) is 0 Å². The van der Waals surface area contributed by atoms with Gasteiger partial charge in [-0.15, -0.1) is 0 Å². The van der Waals surface area contributed by atoms with E-state index in [9.17, 15) is 0 Å². The molecule has 1 aromatic rings. The van der Waals surface area contributed by atoms with Crippen molar-refractivity contribution >= 4 is 0 Å². The minimum atomic E-state index is 0.455. The van der Waals surface area contributed by atoms with Crippen LogP contribution in [0.1, 0.15) is 44.5 Å². The number of rotatable bonds is 5. The molecule has 0 aliphatic rings. The van der Waals surface area contributed by atoms with Crippen molar-refractivity contribution in [3.63, 3.8) is 0 Å². The predicted molar refractivity (Wildman–Crippen MR) is 59.4 cm³/mol. The molecule has 0 spiro atoms. The van der Waals surface area contributed by atoms with E-state index in [1.54, 1.807) is 0 Å². The number of aromatic nitrogens is 2. The summed E-state index contributed by atoms with van der Waals surface area (Å²) in [6.45, 7) is 7.27. The average Bonchev–Trinajstić information content (AvgIpc) is 2.57. The molecule has 3 heteroatoms. The fourth-order valence-electron chi connectivity index (χ4n) is 1.76. The monoisotopic (exact) mass is 195 g/mol. The molecule has 0 saturated carbocycles. The van der Waals surface area contributed by atoms with E-state index in [0.717, 1.165) is 25.8 Å². The molecule has 2 N–H and O–H groups in total. The van der Waals surface area contributed by atoms with Crippen LogP contribution in [0, 0.1) is 0 Å². The largest absolute Gasteiger partial charge is 0.330 e. The van der Waals surface area contributed by atoms with Crippen LogP contribution >= 0.6 is 0 Å². The van der Waals surface area contributed by atoms with Gasteiger partial charge in [-0.3, -0.25) is 4.68 Å². The number of hydrogen-bond acceptors (Lipinski definition) is 2. The molecule has 0 fully saturated rings. The third-order valence-electron chi connectivity index (χ3n) is 2.46. The van der Waals surface area contributed by atoms with E-state index in [1.807, 2.05) is 6.20 Å². The van der Waals surface area contributed by atoms with Gasteiger partial charge in [0, 0.05) is 11.7 Å².